The molecular weight excluding hydrogens is 632 g/mol. The van der Waals surface area contributed by atoms with E-state index in [1.165, 1.54) is 30.5 Å². The summed E-state index contributed by atoms with van der Waals surface area (Å²) in [6, 6.07) is 20.7. The summed E-state index contributed by atoms with van der Waals surface area (Å²) in [4.78, 5) is 47.8. The number of amides is 2. The van der Waals surface area contributed by atoms with Crippen LogP contribution in [0.15, 0.2) is 66.7 Å². The molecule has 0 spiro atoms. The van der Waals surface area contributed by atoms with Crippen molar-refractivity contribution in [3.05, 3.63) is 83.4 Å². The quantitative estimate of drug-likeness (QED) is 0.222. The van der Waals surface area contributed by atoms with E-state index < -0.39 is 5.97 Å². The van der Waals surface area contributed by atoms with Gasteiger partial charge in [-0.15, -0.1) is 0 Å². The van der Waals surface area contributed by atoms with E-state index in [0.29, 0.717) is 60.4 Å². The largest absolute Gasteiger partial charge is 0.494 e. The molecule has 2 saturated carbocycles. The van der Waals surface area contributed by atoms with Crippen LogP contribution in [0, 0.1) is 17.8 Å². The third-order valence-corrected chi connectivity index (χ3v) is 11.4. The van der Waals surface area contributed by atoms with Crippen LogP contribution < -0.4 is 10.5 Å². The highest BCUT2D eigenvalue weighted by Gasteiger charge is 2.47. The number of aromatic carboxylic acids is 1. The molecule has 11 heteroatoms. The number of nitrogens with zero attached hydrogens (tertiary/aromatic N) is 5. The van der Waals surface area contributed by atoms with Crippen LogP contribution in [0.5, 0.6) is 5.75 Å². The number of carboxylic acids is 1. The lowest BCUT2D eigenvalue weighted by molar-refractivity contribution is 0.0471. The number of likely N-dealkylation sites (tertiary alicyclic amines) is 2. The maximum absolute atomic E-state index is 14.0. The van der Waals surface area contributed by atoms with Crippen molar-refractivity contribution in [2.75, 3.05) is 26.7 Å². The molecule has 0 unspecified atom stereocenters. The fourth-order valence-electron chi connectivity index (χ4n) is 8.56. The summed E-state index contributed by atoms with van der Waals surface area (Å²) in [6.45, 7) is 3.23. The van der Waals surface area contributed by atoms with Crippen LogP contribution in [0.2, 0.25) is 0 Å². The van der Waals surface area contributed by atoms with Gasteiger partial charge in [-0.3, -0.25) is 9.59 Å². The van der Waals surface area contributed by atoms with Gasteiger partial charge in [-0.1, -0.05) is 24.3 Å². The smallest absolute Gasteiger partial charge is 0.335 e. The monoisotopic (exact) mass is 672 g/mol. The number of hydrogen-bond donors (Lipinski definition) is 2. The maximum Gasteiger partial charge on any atom is 0.335 e. The molecule has 3 N–H and O–H groups in total. The molecule has 256 valence electrons. The molecular formula is C39H40N6O5. The fraction of sp³-hybridized carbons (Fsp3) is 0.385. The standard InChI is InChI=1S/C39H40N6O5/c1-50-33-16-28(38(47)44-21-27-11-12-31(44)34(27)40)14-29-35(33)45(20-23-17-42(18-23)37(46)25-6-4-7-26(13-25)39(48)49)36(41-29)32-15-24-5-2-3-8-30(24)43(32)19-22-9-10-22/h2-8,13-16,22-23,27,31,34H,9-12,17-21,40H2,1H3,(H,48,49)/t27-,31-,34-/m1/s1. The summed E-state index contributed by atoms with van der Waals surface area (Å²) >= 11 is 0. The molecule has 4 heterocycles. The van der Waals surface area contributed by atoms with E-state index in [0.717, 1.165) is 41.8 Å². The van der Waals surface area contributed by atoms with Crippen molar-refractivity contribution in [3.63, 3.8) is 0 Å². The van der Waals surface area contributed by atoms with Gasteiger partial charge < -0.3 is 34.5 Å². The molecule has 3 atom stereocenters. The lowest BCUT2D eigenvalue weighted by Gasteiger charge is -2.40. The van der Waals surface area contributed by atoms with Gasteiger partial charge in [0.15, 0.2) is 5.82 Å². The van der Waals surface area contributed by atoms with E-state index in [4.69, 9.17) is 15.5 Å². The number of nitrogens with two attached hydrogens (primary N) is 1. The van der Waals surface area contributed by atoms with Crippen LogP contribution >= 0.6 is 0 Å². The maximum atomic E-state index is 14.0. The van der Waals surface area contributed by atoms with Crippen LogP contribution in [0.4, 0.5) is 0 Å². The Balaban J connectivity index is 1.10. The van der Waals surface area contributed by atoms with Gasteiger partial charge in [-0.2, -0.15) is 0 Å². The SMILES string of the molecule is COc1cc(C(=O)N2C[C@H]3CC[C@@H]2[C@@H]3N)cc2nc(-c3cc4ccccc4n3CC3CC3)n(CC3CN(C(=O)c4cccc(C(=O)O)c4)C3)c12. The van der Waals surface area contributed by atoms with E-state index >= 15 is 0 Å². The van der Waals surface area contributed by atoms with E-state index in [-0.39, 0.29) is 35.4 Å². The molecule has 2 amide bonds. The van der Waals surface area contributed by atoms with Gasteiger partial charge >= 0.3 is 5.97 Å². The number of carbonyl (C=O) groups excluding carboxylic acids is 2. The van der Waals surface area contributed by atoms with E-state index in [2.05, 4.69) is 39.5 Å². The molecule has 2 aromatic heterocycles. The molecule has 2 bridgehead atoms. The molecule has 4 aliphatic rings. The lowest BCUT2D eigenvalue weighted by atomic mass is 9.98. The second-order valence-corrected chi connectivity index (χ2v) is 14.6. The van der Waals surface area contributed by atoms with Crippen molar-refractivity contribution in [1.29, 1.82) is 0 Å². The van der Waals surface area contributed by atoms with Crippen molar-refractivity contribution in [3.8, 4) is 17.3 Å². The first-order valence-corrected chi connectivity index (χ1v) is 17.6. The average molecular weight is 673 g/mol. The predicted octanol–water partition coefficient (Wildman–Crippen LogP) is 5.11. The van der Waals surface area contributed by atoms with E-state index in [9.17, 15) is 19.5 Å². The van der Waals surface area contributed by atoms with Gasteiger partial charge in [0.1, 0.15) is 11.3 Å². The number of ether oxygens (including phenoxy) is 1. The molecule has 11 nitrogen and oxygen atoms in total. The summed E-state index contributed by atoms with van der Waals surface area (Å²) in [5.41, 5.74) is 11.2. The van der Waals surface area contributed by atoms with Crippen LogP contribution in [0.3, 0.4) is 0 Å². The molecule has 9 rings (SSSR count). The van der Waals surface area contributed by atoms with Crippen LogP contribution in [-0.4, -0.2) is 85.6 Å². The number of methoxy groups -OCH3 is 1. The van der Waals surface area contributed by atoms with Gasteiger partial charge in [0, 0.05) is 72.8 Å². The van der Waals surface area contributed by atoms with Gasteiger partial charge in [0.25, 0.3) is 11.8 Å². The van der Waals surface area contributed by atoms with E-state index in [1.54, 1.807) is 24.1 Å². The highest BCUT2D eigenvalue weighted by molar-refractivity contribution is 6.01. The summed E-state index contributed by atoms with van der Waals surface area (Å²) in [6.07, 6.45) is 4.43. The molecule has 2 aliphatic carbocycles. The minimum Gasteiger partial charge on any atom is -0.494 e. The first-order valence-electron chi connectivity index (χ1n) is 17.6. The first-order chi connectivity index (χ1) is 24.3. The summed E-state index contributed by atoms with van der Waals surface area (Å²) in [7, 11) is 1.63. The number of carbonyl (C=O) groups is 3. The highest BCUT2D eigenvalue weighted by Crippen LogP contribution is 2.41. The second-order valence-electron chi connectivity index (χ2n) is 14.6. The zero-order valence-corrected chi connectivity index (χ0v) is 28.0. The number of carboxylic acid groups (broad SMARTS) is 1. The Kier molecular flexibility index (Phi) is 7.24. The molecule has 50 heavy (non-hydrogen) atoms. The number of imidazole rings is 1. The van der Waals surface area contributed by atoms with Gasteiger partial charge in [-0.25, -0.2) is 9.78 Å². The Morgan fingerprint density at radius 2 is 1.62 bits per heavy atom. The van der Waals surface area contributed by atoms with E-state index in [1.807, 2.05) is 17.0 Å². The Hall–Kier alpha value is -5.16. The van der Waals surface area contributed by atoms with Gasteiger partial charge in [0.05, 0.1) is 23.9 Å². The minimum absolute atomic E-state index is 0.0267. The third kappa shape index (κ3) is 5.05. The van der Waals surface area contributed by atoms with Gasteiger partial charge in [0.2, 0.25) is 0 Å². The Bertz CT molecular complexity index is 2190. The number of benzene rings is 3. The topological polar surface area (TPSA) is 136 Å². The van der Waals surface area contributed by atoms with Crippen LogP contribution in [-0.2, 0) is 13.1 Å². The van der Waals surface area contributed by atoms with Crippen molar-refractivity contribution in [1.82, 2.24) is 23.9 Å². The molecule has 0 radical (unpaired) electrons. The lowest BCUT2D eigenvalue weighted by Crippen LogP contribution is -2.51. The predicted molar refractivity (Wildman–Crippen MR) is 188 cm³/mol. The van der Waals surface area contributed by atoms with Crippen molar-refractivity contribution in [2.24, 2.45) is 23.5 Å². The summed E-state index contributed by atoms with van der Waals surface area (Å²) < 4.78 is 10.6. The Labute approximate surface area is 289 Å². The average Bonchev–Trinajstić information content (AvgIpc) is 3.47. The number of para-hydroxylation sites is 1. The zero-order valence-electron chi connectivity index (χ0n) is 28.0. The van der Waals surface area contributed by atoms with Gasteiger partial charge in [-0.05, 0) is 80.0 Å². The number of fused-ring (bicyclic) bond motifs is 4. The van der Waals surface area contributed by atoms with Crippen molar-refractivity contribution < 1.29 is 24.2 Å². The number of piperidine rings is 1. The van der Waals surface area contributed by atoms with Crippen molar-refractivity contribution in [2.45, 2.75) is 50.9 Å². The molecule has 2 saturated heterocycles. The Morgan fingerprint density at radius 1 is 0.840 bits per heavy atom. The van der Waals surface area contributed by atoms with Crippen LogP contribution in [0.25, 0.3) is 33.5 Å². The summed E-state index contributed by atoms with van der Waals surface area (Å²) in [5, 5.41) is 10.6. The summed E-state index contributed by atoms with van der Waals surface area (Å²) in [5.74, 6) is 1.23. The van der Waals surface area contributed by atoms with Crippen molar-refractivity contribution >= 4 is 39.7 Å². The fourth-order valence-corrected chi connectivity index (χ4v) is 8.56. The minimum atomic E-state index is -1.06. The molecule has 3 aromatic carbocycles. The molecule has 5 aromatic rings. The number of rotatable bonds is 9. The number of hydrogen-bond acceptors (Lipinski definition) is 6. The first kappa shape index (κ1) is 30.9. The molecule has 4 fully saturated rings. The van der Waals surface area contributed by atoms with Crippen LogP contribution in [0.1, 0.15) is 56.8 Å². The highest BCUT2D eigenvalue weighted by atomic mass is 16.5. The normalized spacial score (nSPS) is 21.7. The third-order valence-electron chi connectivity index (χ3n) is 11.4. The second kappa shape index (κ2) is 11.7. The molecule has 2 aliphatic heterocycles. The zero-order chi connectivity index (χ0) is 34.3. The Morgan fingerprint density at radius 3 is 2.34 bits per heavy atom. The number of aromatic nitrogens is 3.